The van der Waals surface area contributed by atoms with Crippen molar-refractivity contribution >= 4 is 22.6 Å². The van der Waals surface area contributed by atoms with Crippen LogP contribution >= 0.6 is 22.6 Å². The van der Waals surface area contributed by atoms with Crippen LogP contribution in [0.2, 0.25) is 0 Å². The second kappa shape index (κ2) is 20.0. The lowest BCUT2D eigenvalue weighted by Gasteiger charge is -2.25. The summed E-state index contributed by atoms with van der Waals surface area (Å²) in [6.07, 6.45) is 12.1. The lowest BCUT2D eigenvalue weighted by atomic mass is 9.81. The van der Waals surface area contributed by atoms with Crippen LogP contribution in [0.3, 0.4) is 0 Å². The zero-order valence-electron chi connectivity index (χ0n) is 23.2. The average Bonchev–Trinajstić information content (AvgIpc) is 2.77. The Morgan fingerprint density at radius 3 is 1.59 bits per heavy atom. The molecule has 0 spiro atoms. The number of alkyl halides is 1. The van der Waals surface area contributed by atoms with Gasteiger partial charge in [0.2, 0.25) is 0 Å². The number of hydrogen-bond donors (Lipinski definition) is 0. The summed E-state index contributed by atoms with van der Waals surface area (Å²) in [5.41, 5.74) is 1.20. The highest BCUT2D eigenvalue weighted by Gasteiger charge is 2.17. The first kappa shape index (κ1) is 31.9. The highest BCUT2D eigenvalue weighted by molar-refractivity contribution is 14.1. The predicted molar refractivity (Wildman–Crippen MR) is 157 cm³/mol. The topological polar surface area (TPSA) is 18.5 Å². The monoisotopic (exact) mass is 586 g/mol. The normalized spacial score (nSPS) is 17.1. The number of benzene rings is 1. The summed E-state index contributed by atoms with van der Waals surface area (Å²) in [4.78, 5) is 0. The van der Waals surface area contributed by atoms with Crippen LogP contribution in [-0.4, -0.2) is 17.8 Å². The largest absolute Gasteiger partial charge is 0.355 e. The predicted octanol–water partition coefficient (Wildman–Crippen LogP) is 9.94. The van der Waals surface area contributed by atoms with Crippen molar-refractivity contribution in [3.8, 4) is 0 Å². The Hall–Kier alpha value is -0.130. The first-order valence-corrected chi connectivity index (χ1v) is 15.6. The van der Waals surface area contributed by atoms with Crippen molar-refractivity contribution < 1.29 is 9.47 Å². The van der Waals surface area contributed by atoms with Gasteiger partial charge in [-0.05, 0) is 103 Å². The molecule has 0 fully saturated rings. The van der Waals surface area contributed by atoms with Crippen LogP contribution in [-0.2, 0) is 16.1 Å². The van der Waals surface area contributed by atoms with Gasteiger partial charge in [-0.3, -0.25) is 0 Å². The second-order valence-electron chi connectivity index (χ2n) is 11.6. The van der Waals surface area contributed by atoms with Crippen LogP contribution in [0, 0.1) is 35.5 Å². The van der Waals surface area contributed by atoms with Gasteiger partial charge >= 0.3 is 0 Å². The van der Waals surface area contributed by atoms with E-state index in [2.05, 4.69) is 76.3 Å². The molecule has 0 aliphatic heterocycles. The van der Waals surface area contributed by atoms with E-state index in [-0.39, 0.29) is 0 Å². The lowest BCUT2D eigenvalue weighted by molar-refractivity contribution is -0.0628. The van der Waals surface area contributed by atoms with E-state index in [1.54, 1.807) is 0 Å². The van der Waals surface area contributed by atoms with Gasteiger partial charge in [-0.2, -0.15) is 0 Å². The van der Waals surface area contributed by atoms with Gasteiger partial charge in [0.1, 0.15) is 6.79 Å². The Balaban J connectivity index is 2.07. The van der Waals surface area contributed by atoms with E-state index in [1.165, 1.54) is 61.4 Å². The Morgan fingerprint density at radius 1 is 0.618 bits per heavy atom. The van der Waals surface area contributed by atoms with E-state index in [4.69, 9.17) is 9.47 Å². The Bertz CT molecular complexity index is 578. The third-order valence-corrected chi connectivity index (χ3v) is 7.88. The van der Waals surface area contributed by atoms with Gasteiger partial charge in [0.05, 0.1) is 6.61 Å². The summed E-state index contributed by atoms with van der Waals surface area (Å²) < 4.78 is 12.6. The molecule has 0 amide bonds. The summed E-state index contributed by atoms with van der Waals surface area (Å²) in [5.74, 6) is 5.05. The van der Waals surface area contributed by atoms with Gasteiger partial charge in [0.25, 0.3) is 0 Å². The van der Waals surface area contributed by atoms with Crippen LogP contribution in [0.5, 0.6) is 0 Å². The van der Waals surface area contributed by atoms with Crippen molar-refractivity contribution in [2.24, 2.45) is 35.5 Å². The molecule has 0 saturated carbocycles. The first-order valence-electron chi connectivity index (χ1n) is 14.0. The molecule has 0 N–H and O–H groups in total. The van der Waals surface area contributed by atoms with E-state index in [9.17, 15) is 0 Å². The van der Waals surface area contributed by atoms with E-state index >= 15 is 0 Å². The Kier molecular flexibility index (Phi) is 18.8. The zero-order chi connectivity index (χ0) is 25.2. The standard InChI is InChI=1S/C31H55IO2/c1-25(12-10-16-32)18-27(3)20-29(5)22-30(6)21-28(4)19-26(2)13-11-17-33-24-34-23-31-14-8-7-9-15-31/h7-9,14-15,25-30H,10-13,16-24H2,1-6H3. The van der Waals surface area contributed by atoms with Crippen LogP contribution in [0.4, 0.5) is 0 Å². The molecule has 0 radical (unpaired) electrons. The van der Waals surface area contributed by atoms with Crippen LogP contribution < -0.4 is 0 Å². The van der Waals surface area contributed by atoms with Crippen LogP contribution in [0.1, 0.15) is 105 Å². The van der Waals surface area contributed by atoms with Crippen molar-refractivity contribution in [1.29, 1.82) is 0 Å². The van der Waals surface area contributed by atoms with Crippen molar-refractivity contribution in [1.82, 2.24) is 0 Å². The van der Waals surface area contributed by atoms with Gasteiger partial charge in [-0.15, -0.1) is 0 Å². The van der Waals surface area contributed by atoms with E-state index in [0.29, 0.717) is 13.4 Å². The van der Waals surface area contributed by atoms with Crippen molar-refractivity contribution in [2.45, 2.75) is 106 Å². The number of rotatable bonds is 21. The minimum atomic E-state index is 0.394. The first-order chi connectivity index (χ1) is 16.3. The number of ether oxygens (including phenoxy) is 2. The molecule has 0 saturated heterocycles. The smallest absolute Gasteiger partial charge is 0.147 e. The minimum Gasteiger partial charge on any atom is -0.355 e. The summed E-state index contributed by atoms with van der Waals surface area (Å²) >= 11 is 2.51. The molecule has 34 heavy (non-hydrogen) atoms. The maximum atomic E-state index is 5.67. The van der Waals surface area contributed by atoms with Crippen molar-refractivity contribution in [2.75, 3.05) is 17.8 Å². The fraction of sp³-hybridized carbons (Fsp3) is 0.806. The molecule has 1 aromatic rings. The second-order valence-corrected chi connectivity index (χ2v) is 12.7. The van der Waals surface area contributed by atoms with E-state index in [0.717, 1.165) is 48.5 Å². The lowest BCUT2D eigenvalue weighted by Crippen LogP contribution is -2.13. The average molecular weight is 587 g/mol. The maximum absolute atomic E-state index is 5.67. The Morgan fingerprint density at radius 2 is 1.09 bits per heavy atom. The van der Waals surface area contributed by atoms with Gasteiger partial charge in [-0.25, -0.2) is 0 Å². The Labute approximate surface area is 226 Å². The quantitative estimate of drug-likeness (QED) is 0.0618. The molecule has 3 heteroatoms. The summed E-state index contributed by atoms with van der Waals surface area (Å²) in [6, 6.07) is 10.3. The van der Waals surface area contributed by atoms with Crippen LogP contribution in [0.25, 0.3) is 0 Å². The fourth-order valence-corrected chi connectivity index (χ4v) is 6.31. The number of hydrogen-bond acceptors (Lipinski definition) is 2. The molecule has 0 bridgehead atoms. The van der Waals surface area contributed by atoms with E-state index in [1.807, 2.05) is 18.2 Å². The highest BCUT2D eigenvalue weighted by atomic mass is 127. The third kappa shape index (κ3) is 17.3. The van der Waals surface area contributed by atoms with Crippen LogP contribution in [0.15, 0.2) is 30.3 Å². The SMILES string of the molecule is CC(CCCI)CC(C)CC(C)CC(C)CC(C)CC(C)CCCOCOCc1ccccc1. The van der Waals surface area contributed by atoms with E-state index < -0.39 is 0 Å². The fourth-order valence-electron chi connectivity index (χ4n) is 5.87. The van der Waals surface area contributed by atoms with Crippen molar-refractivity contribution in [3.05, 3.63) is 35.9 Å². The van der Waals surface area contributed by atoms with Gasteiger partial charge in [0.15, 0.2) is 0 Å². The van der Waals surface area contributed by atoms with Gasteiger partial charge < -0.3 is 9.47 Å². The molecule has 2 nitrogen and oxygen atoms in total. The number of halogens is 1. The molecule has 0 aliphatic rings. The maximum Gasteiger partial charge on any atom is 0.147 e. The molecule has 0 heterocycles. The van der Waals surface area contributed by atoms with Gasteiger partial charge in [0, 0.05) is 6.61 Å². The van der Waals surface area contributed by atoms with Gasteiger partial charge in [-0.1, -0.05) is 94.5 Å². The molecule has 0 aromatic heterocycles. The highest BCUT2D eigenvalue weighted by Crippen LogP contribution is 2.29. The molecule has 198 valence electrons. The summed E-state index contributed by atoms with van der Waals surface area (Å²) in [6.45, 7) is 16.6. The molecular weight excluding hydrogens is 531 g/mol. The third-order valence-electron chi connectivity index (χ3n) is 7.12. The molecule has 6 unspecified atom stereocenters. The summed E-state index contributed by atoms with van der Waals surface area (Å²) in [7, 11) is 0. The zero-order valence-corrected chi connectivity index (χ0v) is 25.4. The molecular formula is C31H55IO2. The molecule has 6 atom stereocenters. The molecule has 0 aliphatic carbocycles. The minimum absolute atomic E-state index is 0.394. The van der Waals surface area contributed by atoms with Crippen molar-refractivity contribution in [3.63, 3.8) is 0 Å². The molecule has 1 aromatic carbocycles. The molecule has 1 rings (SSSR count). The summed E-state index contributed by atoms with van der Waals surface area (Å²) in [5, 5.41) is 0.